The van der Waals surface area contributed by atoms with Crippen LogP contribution in [0.4, 0.5) is 13.2 Å². The first-order chi connectivity index (χ1) is 15.5. The summed E-state index contributed by atoms with van der Waals surface area (Å²) in [7, 11) is -1.63. The van der Waals surface area contributed by atoms with E-state index in [1.54, 1.807) is 0 Å². The molecule has 1 aromatic carbocycles. The van der Waals surface area contributed by atoms with E-state index in [1.807, 2.05) is 6.07 Å². The van der Waals surface area contributed by atoms with Crippen molar-refractivity contribution in [3.8, 4) is 17.3 Å². The van der Waals surface area contributed by atoms with Gasteiger partial charge in [0.2, 0.25) is 15.8 Å². The smallest absolute Gasteiger partial charge is 0.303 e. The summed E-state index contributed by atoms with van der Waals surface area (Å²) in [5, 5.41) is 9.34. The van der Waals surface area contributed by atoms with Gasteiger partial charge in [0.25, 0.3) is 0 Å². The second-order valence-electron chi connectivity index (χ2n) is 8.22. The highest BCUT2D eigenvalue weighted by Gasteiger charge is 2.33. The third-order valence-electron chi connectivity index (χ3n) is 5.54. The van der Waals surface area contributed by atoms with Crippen LogP contribution in [0.3, 0.4) is 0 Å². The molecular formula is C22H26F3N5O2S. The molecule has 2 aromatic rings. The first-order valence-electron chi connectivity index (χ1n) is 10.7. The van der Waals surface area contributed by atoms with Crippen molar-refractivity contribution >= 4 is 10.0 Å². The minimum absolute atomic E-state index is 0.0403. The number of aromatic nitrogens is 2. The Morgan fingerprint density at radius 2 is 1.79 bits per heavy atom. The highest BCUT2D eigenvalue weighted by atomic mass is 32.2. The third kappa shape index (κ3) is 6.28. The van der Waals surface area contributed by atoms with E-state index in [1.165, 1.54) is 39.4 Å². The fourth-order valence-electron chi connectivity index (χ4n) is 3.76. The van der Waals surface area contributed by atoms with Gasteiger partial charge in [-0.15, -0.1) is 0 Å². The van der Waals surface area contributed by atoms with Crippen molar-refractivity contribution in [1.82, 2.24) is 19.2 Å². The van der Waals surface area contributed by atoms with Gasteiger partial charge < -0.3 is 4.90 Å². The van der Waals surface area contributed by atoms with Gasteiger partial charge in [0.15, 0.2) is 0 Å². The fourth-order valence-corrected chi connectivity index (χ4v) is 4.73. The lowest BCUT2D eigenvalue weighted by Gasteiger charge is -2.26. The number of piperidine rings is 1. The summed E-state index contributed by atoms with van der Waals surface area (Å²) in [6.45, 7) is 2.97. The number of nitrogens with zero attached hydrogens (tertiary/aromatic N) is 5. The number of benzene rings is 1. The number of halogens is 3. The Balaban J connectivity index is 1.97. The van der Waals surface area contributed by atoms with Crippen LogP contribution in [0, 0.1) is 11.3 Å². The zero-order valence-electron chi connectivity index (χ0n) is 18.6. The minimum atomic E-state index is -4.76. The summed E-state index contributed by atoms with van der Waals surface area (Å²) >= 11 is 0. The maximum absolute atomic E-state index is 13.5. The van der Waals surface area contributed by atoms with Gasteiger partial charge in [-0.2, -0.15) is 18.4 Å². The van der Waals surface area contributed by atoms with Crippen molar-refractivity contribution in [2.24, 2.45) is 0 Å². The molecule has 2 heterocycles. The van der Waals surface area contributed by atoms with Crippen molar-refractivity contribution in [2.75, 3.05) is 33.7 Å². The Labute approximate surface area is 191 Å². The Morgan fingerprint density at radius 1 is 1.09 bits per heavy atom. The molecule has 11 heteroatoms. The molecule has 1 aliphatic heterocycles. The van der Waals surface area contributed by atoms with E-state index in [0.29, 0.717) is 18.2 Å². The van der Waals surface area contributed by atoms with E-state index in [2.05, 4.69) is 14.9 Å². The number of sulfonamides is 1. The molecular weight excluding hydrogens is 455 g/mol. The normalized spacial score (nSPS) is 15.5. The van der Waals surface area contributed by atoms with Crippen LogP contribution in [0.2, 0.25) is 0 Å². The van der Waals surface area contributed by atoms with Gasteiger partial charge in [-0.3, -0.25) is 0 Å². The van der Waals surface area contributed by atoms with E-state index in [0.717, 1.165) is 42.5 Å². The summed E-state index contributed by atoms with van der Waals surface area (Å²) in [4.78, 5) is 10.1. The van der Waals surface area contributed by atoms with Crippen LogP contribution >= 0.6 is 0 Å². The van der Waals surface area contributed by atoms with E-state index >= 15 is 0 Å². The highest BCUT2D eigenvalue weighted by Crippen LogP contribution is 2.35. The van der Waals surface area contributed by atoms with E-state index in [9.17, 15) is 26.9 Å². The summed E-state index contributed by atoms with van der Waals surface area (Å²) in [6.07, 6.45) is 0.134. The molecule has 0 saturated carbocycles. The average Bonchev–Trinajstić information content (AvgIpc) is 2.78. The van der Waals surface area contributed by atoms with Crippen LogP contribution in [0.1, 0.15) is 42.8 Å². The zero-order chi connectivity index (χ0) is 24.2. The molecule has 0 N–H and O–H groups in total. The second kappa shape index (κ2) is 10.2. The predicted octanol–water partition coefficient (Wildman–Crippen LogP) is 3.70. The number of hydrogen-bond acceptors (Lipinski definition) is 6. The molecule has 1 aromatic heterocycles. The van der Waals surface area contributed by atoms with Crippen molar-refractivity contribution in [3.05, 3.63) is 41.3 Å². The van der Waals surface area contributed by atoms with Gasteiger partial charge in [-0.05, 0) is 69.6 Å². The van der Waals surface area contributed by atoms with Crippen molar-refractivity contribution in [2.45, 2.75) is 43.2 Å². The van der Waals surface area contributed by atoms with E-state index in [-0.39, 0.29) is 17.1 Å². The van der Waals surface area contributed by atoms with Gasteiger partial charge in [-0.25, -0.2) is 22.7 Å². The molecule has 0 bridgehead atoms. The van der Waals surface area contributed by atoms with Gasteiger partial charge >= 0.3 is 6.18 Å². The molecule has 7 nitrogen and oxygen atoms in total. The molecule has 0 aliphatic carbocycles. The number of hydrogen-bond donors (Lipinski definition) is 0. The fraction of sp³-hybridized carbons (Fsp3) is 0.500. The van der Waals surface area contributed by atoms with E-state index in [4.69, 9.17) is 0 Å². The summed E-state index contributed by atoms with van der Waals surface area (Å²) in [5.74, 6) is -0.171. The van der Waals surface area contributed by atoms with Crippen LogP contribution in [0.15, 0.2) is 29.2 Å². The zero-order valence-corrected chi connectivity index (χ0v) is 19.4. The molecule has 1 aliphatic rings. The SMILES string of the molecule is CN(C)S(=O)(=O)c1cc(-c2cc(CCCN3CCCCC3)nc(C#N)n2)cc(C(F)(F)F)c1. The van der Waals surface area contributed by atoms with Crippen molar-refractivity contribution in [1.29, 1.82) is 5.26 Å². The van der Waals surface area contributed by atoms with Crippen molar-refractivity contribution < 1.29 is 21.6 Å². The lowest BCUT2D eigenvalue weighted by Crippen LogP contribution is -2.30. The quantitative estimate of drug-likeness (QED) is 0.599. The lowest BCUT2D eigenvalue weighted by atomic mass is 10.1. The number of aryl methyl sites for hydroxylation is 1. The molecule has 0 atom stereocenters. The molecule has 3 rings (SSSR count). The van der Waals surface area contributed by atoms with E-state index < -0.39 is 26.7 Å². The number of nitriles is 1. The predicted molar refractivity (Wildman–Crippen MR) is 117 cm³/mol. The minimum Gasteiger partial charge on any atom is -0.303 e. The van der Waals surface area contributed by atoms with Crippen LogP contribution in [-0.2, 0) is 22.6 Å². The molecule has 0 amide bonds. The summed E-state index contributed by atoms with van der Waals surface area (Å²) < 4.78 is 66.5. The molecule has 0 radical (unpaired) electrons. The Morgan fingerprint density at radius 3 is 2.39 bits per heavy atom. The molecule has 0 unspecified atom stereocenters. The van der Waals surface area contributed by atoms with Crippen LogP contribution in [0.25, 0.3) is 11.3 Å². The highest BCUT2D eigenvalue weighted by molar-refractivity contribution is 7.89. The van der Waals surface area contributed by atoms with Gasteiger partial charge in [0, 0.05) is 25.4 Å². The maximum Gasteiger partial charge on any atom is 0.416 e. The van der Waals surface area contributed by atoms with Gasteiger partial charge in [0.05, 0.1) is 16.2 Å². The maximum atomic E-state index is 13.5. The van der Waals surface area contributed by atoms with Crippen LogP contribution in [-0.4, -0.2) is 61.3 Å². The number of rotatable bonds is 7. The first-order valence-corrected chi connectivity index (χ1v) is 12.1. The standard InChI is InChI=1S/C22H26F3N5O2S/c1-29(2)33(31,32)19-12-16(11-17(13-19)22(23,24)25)20-14-18(27-21(15-26)28-20)7-6-10-30-8-4-3-5-9-30/h11-14H,3-10H2,1-2H3. The summed E-state index contributed by atoms with van der Waals surface area (Å²) in [5.41, 5.74) is -0.538. The monoisotopic (exact) mass is 481 g/mol. The number of alkyl halides is 3. The average molecular weight is 482 g/mol. The van der Waals surface area contributed by atoms with Crippen molar-refractivity contribution in [3.63, 3.8) is 0 Å². The topological polar surface area (TPSA) is 90.2 Å². The third-order valence-corrected chi connectivity index (χ3v) is 7.34. The molecule has 0 spiro atoms. The largest absolute Gasteiger partial charge is 0.416 e. The second-order valence-corrected chi connectivity index (χ2v) is 10.4. The number of likely N-dealkylation sites (tertiary alicyclic amines) is 1. The summed E-state index contributed by atoms with van der Waals surface area (Å²) in [6, 6.07) is 5.96. The van der Waals surface area contributed by atoms with Gasteiger partial charge in [0.1, 0.15) is 6.07 Å². The van der Waals surface area contributed by atoms with Crippen LogP contribution < -0.4 is 0 Å². The molecule has 1 saturated heterocycles. The lowest BCUT2D eigenvalue weighted by molar-refractivity contribution is -0.137. The Bertz CT molecular complexity index is 1140. The molecule has 33 heavy (non-hydrogen) atoms. The molecule has 178 valence electrons. The Hall–Kier alpha value is -2.55. The Kier molecular flexibility index (Phi) is 7.72. The van der Waals surface area contributed by atoms with Crippen LogP contribution in [0.5, 0.6) is 0 Å². The van der Waals surface area contributed by atoms with Gasteiger partial charge in [-0.1, -0.05) is 6.42 Å². The first kappa shape index (κ1) is 25.1. The molecule has 1 fully saturated rings.